The van der Waals surface area contributed by atoms with E-state index in [9.17, 15) is 0 Å². The van der Waals surface area contributed by atoms with Crippen molar-refractivity contribution in [2.45, 2.75) is 46.3 Å². The molecule has 0 saturated carbocycles. The van der Waals surface area contributed by atoms with Gasteiger partial charge in [-0.25, -0.2) is 4.98 Å². The molecule has 32 heavy (non-hydrogen) atoms. The van der Waals surface area contributed by atoms with Crippen LogP contribution in [0, 0.1) is 6.92 Å². The molecule has 2 heterocycles. The van der Waals surface area contributed by atoms with Gasteiger partial charge in [-0.3, -0.25) is 0 Å². The molecule has 2 N–H and O–H groups in total. The summed E-state index contributed by atoms with van der Waals surface area (Å²) < 4.78 is 15.1. The Morgan fingerprint density at radius 1 is 1.22 bits per heavy atom. The van der Waals surface area contributed by atoms with E-state index in [0.717, 1.165) is 62.4 Å². The van der Waals surface area contributed by atoms with E-state index >= 15 is 0 Å². The fourth-order valence-corrected chi connectivity index (χ4v) is 4.63. The third-order valence-corrected chi connectivity index (χ3v) is 6.55. The Hall–Kier alpha value is -1.07. The number of ether oxygens (including phenoxy) is 2. The second kappa shape index (κ2) is 12.4. The van der Waals surface area contributed by atoms with E-state index < -0.39 is 0 Å². The molecule has 1 atom stereocenters. The number of aryl methyl sites for hydroxylation is 1. The maximum absolute atomic E-state index is 6.65. The largest absolute Gasteiger partial charge is 0.492 e. The van der Waals surface area contributed by atoms with Crippen LogP contribution in [0.1, 0.15) is 38.7 Å². The molecule has 2 aromatic rings. The summed E-state index contributed by atoms with van der Waals surface area (Å²) in [5.41, 5.74) is 3.00. The van der Waals surface area contributed by atoms with Crippen LogP contribution in [0.4, 0.5) is 11.5 Å². The van der Waals surface area contributed by atoms with Crippen LogP contribution >= 0.6 is 46.1 Å². The van der Waals surface area contributed by atoms with Crippen LogP contribution in [-0.4, -0.2) is 53.9 Å². The van der Waals surface area contributed by atoms with Gasteiger partial charge in [-0.15, -0.1) is 0 Å². The normalized spacial score (nSPS) is 16.3. The van der Waals surface area contributed by atoms with Crippen molar-refractivity contribution in [1.82, 2.24) is 14.9 Å². The van der Waals surface area contributed by atoms with Gasteiger partial charge in [0.15, 0.2) is 5.82 Å². The third-order valence-electron chi connectivity index (χ3n) is 5.53. The molecule has 1 unspecified atom stereocenters. The van der Waals surface area contributed by atoms with E-state index in [0.29, 0.717) is 28.8 Å². The molecule has 0 aliphatic carbocycles. The van der Waals surface area contributed by atoms with Crippen molar-refractivity contribution < 1.29 is 9.47 Å². The minimum absolute atomic E-state index is 0.112. The number of rotatable bonds is 10. The number of aromatic nitrogens is 2. The van der Waals surface area contributed by atoms with Gasteiger partial charge in [-0.05, 0) is 68.6 Å². The lowest BCUT2D eigenvalue weighted by Crippen LogP contribution is -2.28. The van der Waals surface area contributed by atoms with E-state index in [1.807, 2.05) is 19.1 Å². The van der Waals surface area contributed by atoms with Gasteiger partial charge in [0, 0.05) is 18.7 Å². The Morgan fingerprint density at radius 2 is 2.00 bits per heavy atom. The predicted molar refractivity (Wildman–Crippen MR) is 140 cm³/mol. The summed E-state index contributed by atoms with van der Waals surface area (Å²) in [7, 11) is 0. The maximum Gasteiger partial charge on any atom is 0.225 e. The Labute approximate surface area is 214 Å². The zero-order chi connectivity index (χ0) is 23.1. The van der Waals surface area contributed by atoms with Crippen molar-refractivity contribution in [3.8, 4) is 17.0 Å². The average molecular weight is 594 g/mol. The standard InChI is InChI=1S/C22H30Cl2IN5O2/c1-4-30(5-2)9-11-31-17-13-15(16(23)12-14(17)3)19-20(29-25)21(28-22(24)27-19)26-18-8-6-7-10-32-18/h12-13,18,29H,4-11H2,1-3H3,(H,26,27,28). The van der Waals surface area contributed by atoms with Gasteiger partial charge in [0.25, 0.3) is 0 Å². The van der Waals surface area contributed by atoms with Gasteiger partial charge in [-0.2, -0.15) is 4.98 Å². The summed E-state index contributed by atoms with van der Waals surface area (Å²) in [4.78, 5) is 11.2. The molecule has 1 saturated heterocycles. The van der Waals surface area contributed by atoms with Gasteiger partial charge < -0.3 is 23.2 Å². The lowest BCUT2D eigenvalue weighted by molar-refractivity contribution is 0.0341. The zero-order valence-corrected chi connectivity index (χ0v) is 22.4. The lowest BCUT2D eigenvalue weighted by atomic mass is 10.1. The molecule has 0 bridgehead atoms. The summed E-state index contributed by atoms with van der Waals surface area (Å²) >= 11 is 15.0. The van der Waals surface area contributed by atoms with Gasteiger partial charge >= 0.3 is 0 Å². The van der Waals surface area contributed by atoms with Crippen LogP contribution in [0.25, 0.3) is 11.3 Å². The van der Waals surface area contributed by atoms with Crippen molar-refractivity contribution in [3.05, 3.63) is 28.0 Å². The molecule has 176 valence electrons. The van der Waals surface area contributed by atoms with Crippen molar-refractivity contribution >= 4 is 57.6 Å². The number of halogens is 3. The number of hydrogen-bond acceptors (Lipinski definition) is 7. The molecule has 7 nitrogen and oxygen atoms in total. The van der Waals surface area contributed by atoms with Crippen molar-refractivity contribution in [3.63, 3.8) is 0 Å². The van der Waals surface area contributed by atoms with Crippen LogP contribution in [0.2, 0.25) is 10.3 Å². The molecule has 1 aromatic heterocycles. The average Bonchev–Trinajstić information content (AvgIpc) is 2.78. The van der Waals surface area contributed by atoms with E-state index in [2.05, 4.69) is 60.4 Å². The molecule has 0 spiro atoms. The second-order valence-electron chi connectivity index (χ2n) is 7.63. The van der Waals surface area contributed by atoms with Gasteiger partial charge in [0.1, 0.15) is 30.0 Å². The topological polar surface area (TPSA) is 71.5 Å². The lowest BCUT2D eigenvalue weighted by Gasteiger charge is -2.25. The van der Waals surface area contributed by atoms with Crippen molar-refractivity contribution in [1.29, 1.82) is 0 Å². The van der Waals surface area contributed by atoms with Crippen LogP contribution in [0.5, 0.6) is 5.75 Å². The van der Waals surface area contributed by atoms with Gasteiger partial charge in [0.2, 0.25) is 5.28 Å². The number of anilines is 2. The fourth-order valence-electron chi connectivity index (χ4n) is 3.64. The van der Waals surface area contributed by atoms with Crippen LogP contribution in [0.15, 0.2) is 12.1 Å². The fraction of sp³-hybridized carbons (Fsp3) is 0.545. The molecular weight excluding hydrogens is 564 g/mol. The summed E-state index contributed by atoms with van der Waals surface area (Å²) in [6.07, 6.45) is 2.97. The van der Waals surface area contributed by atoms with Crippen molar-refractivity contribution in [2.75, 3.05) is 41.7 Å². The summed E-state index contributed by atoms with van der Waals surface area (Å²) in [5, 5.41) is 4.06. The molecule has 10 heteroatoms. The number of likely N-dealkylation sites (N-methyl/N-ethyl adjacent to an activating group) is 1. The SMILES string of the molecule is CCN(CC)CCOc1cc(-c2nc(Cl)nc(NC3CCCCO3)c2NI)c(Cl)cc1C. The second-order valence-corrected chi connectivity index (χ2v) is 8.92. The van der Waals surface area contributed by atoms with Crippen LogP contribution in [0.3, 0.4) is 0 Å². The highest BCUT2D eigenvalue weighted by Crippen LogP contribution is 2.40. The van der Waals surface area contributed by atoms with E-state index in [-0.39, 0.29) is 11.5 Å². The first-order valence-corrected chi connectivity index (χ1v) is 12.8. The summed E-state index contributed by atoms with van der Waals surface area (Å²) in [6, 6.07) is 3.82. The molecular formula is C22H30Cl2IN5O2. The smallest absolute Gasteiger partial charge is 0.225 e. The predicted octanol–water partition coefficient (Wildman–Crippen LogP) is 6.18. The number of nitrogens with one attached hydrogen (secondary N) is 2. The highest BCUT2D eigenvalue weighted by molar-refractivity contribution is 14.1. The molecule has 1 fully saturated rings. The van der Waals surface area contributed by atoms with Crippen LogP contribution < -0.4 is 13.6 Å². The Bertz CT molecular complexity index is 908. The van der Waals surface area contributed by atoms with E-state index in [1.54, 1.807) is 0 Å². The quantitative estimate of drug-likeness (QED) is 0.194. The molecule has 1 aromatic carbocycles. The first-order valence-electron chi connectivity index (χ1n) is 10.9. The van der Waals surface area contributed by atoms with E-state index in [1.165, 1.54) is 0 Å². The molecule has 0 radical (unpaired) electrons. The molecule has 1 aliphatic rings. The first-order chi connectivity index (χ1) is 15.5. The number of benzene rings is 1. The van der Waals surface area contributed by atoms with Crippen molar-refractivity contribution in [2.24, 2.45) is 0 Å². The third kappa shape index (κ3) is 6.50. The minimum Gasteiger partial charge on any atom is -0.492 e. The Kier molecular flexibility index (Phi) is 9.91. The van der Waals surface area contributed by atoms with E-state index in [4.69, 9.17) is 32.7 Å². The number of nitrogens with zero attached hydrogens (tertiary/aromatic N) is 3. The highest BCUT2D eigenvalue weighted by Gasteiger charge is 2.22. The molecule has 0 amide bonds. The number of hydrogen-bond donors (Lipinski definition) is 2. The Morgan fingerprint density at radius 3 is 2.66 bits per heavy atom. The Balaban J connectivity index is 1.91. The summed E-state index contributed by atoms with van der Waals surface area (Å²) in [6.45, 7) is 10.5. The molecule has 3 rings (SSSR count). The molecule has 1 aliphatic heterocycles. The van der Waals surface area contributed by atoms with Gasteiger partial charge in [-0.1, -0.05) is 25.4 Å². The van der Waals surface area contributed by atoms with Crippen LogP contribution in [-0.2, 0) is 4.74 Å². The highest BCUT2D eigenvalue weighted by atomic mass is 127. The first kappa shape index (κ1) is 25.6. The summed E-state index contributed by atoms with van der Waals surface area (Å²) in [5.74, 6) is 1.36. The van der Waals surface area contributed by atoms with Gasteiger partial charge in [0.05, 0.1) is 27.9 Å². The maximum atomic E-state index is 6.65. The zero-order valence-electron chi connectivity index (χ0n) is 18.7. The monoisotopic (exact) mass is 593 g/mol. The minimum atomic E-state index is -0.112.